The van der Waals surface area contributed by atoms with Crippen molar-refractivity contribution in [3.63, 3.8) is 0 Å². The smallest absolute Gasteiger partial charge is 0.258 e. The van der Waals surface area contributed by atoms with Crippen LogP contribution in [0.3, 0.4) is 0 Å². The zero-order valence-electron chi connectivity index (χ0n) is 18.6. The number of hydrogen-bond donors (Lipinski definition) is 1. The highest BCUT2D eigenvalue weighted by Crippen LogP contribution is 2.41. The molecule has 1 aromatic heterocycles. The lowest BCUT2D eigenvalue weighted by atomic mass is 9.98. The molecule has 1 heterocycles. The first kappa shape index (κ1) is 21.7. The third-order valence-electron chi connectivity index (χ3n) is 5.42. The lowest BCUT2D eigenvalue weighted by Gasteiger charge is -2.08. The first-order valence-corrected chi connectivity index (χ1v) is 11.0. The molecule has 0 spiro atoms. The summed E-state index contributed by atoms with van der Waals surface area (Å²) in [6.45, 7) is 0. The second kappa shape index (κ2) is 9.82. The largest absolute Gasteiger partial charge is 0.457 e. The van der Waals surface area contributed by atoms with E-state index in [9.17, 15) is 10.1 Å². The Bertz CT molecular complexity index is 1500. The van der Waals surface area contributed by atoms with E-state index >= 15 is 0 Å². The minimum atomic E-state index is -0.409. The number of rotatable bonds is 6. The molecule has 0 aliphatic rings. The molecule has 0 aliphatic heterocycles. The van der Waals surface area contributed by atoms with Crippen LogP contribution in [-0.2, 0) is 0 Å². The van der Waals surface area contributed by atoms with Crippen molar-refractivity contribution in [2.75, 3.05) is 5.32 Å². The summed E-state index contributed by atoms with van der Waals surface area (Å²) in [6, 6.07) is 37.4. The van der Waals surface area contributed by atoms with E-state index in [0.717, 1.165) is 11.1 Å². The summed E-state index contributed by atoms with van der Waals surface area (Å²) in [5.41, 5.74) is 2.91. The van der Waals surface area contributed by atoms with E-state index in [1.54, 1.807) is 24.3 Å². The van der Waals surface area contributed by atoms with E-state index in [2.05, 4.69) is 11.4 Å². The molecule has 0 saturated heterocycles. The molecule has 5 rings (SSSR count). The Labute approximate surface area is 202 Å². The Hall–Kier alpha value is -5.08. The van der Waals surface area contributed by atoms with Crippen molar-refractivity contribution in [1.82, 2.24) is 0 Å². The zero-order valence-corrected chi connectivity index (χ0v) is 18.6. The molecule has 4 aromatic carbocycles. The second-order valence-electron chi connectivity index (χ2n) is 7.75. The van der Waals surface area contributed by atoms with Crippen molar-refractivity contribution in [3.05, 3.63) is 126 Å². The van der Waals surface area contributed by atoms with Gasteiger partial charge in [-0.15, -0.1) is 0 Å². The maximum Gasteiger partial charge on any atom is 0.258 e. The third kappa shape index (κ3) is 4.68. The monoisotopic (exact) mass is 456 g/mol. The van der Waals surface area contributed by atoms with Crippen LogP contribution in [0.2, 0.25) is 0 Å². The number of amides is 1. The van der Waals surface area contributed by atoms with Crippen LogP contribution < -0.4 is 10.1 Å². The third-order valence-corrected chi connectivity index (χ3v) is 5.42. The van der Waals surface area contributed by atoms with E-state index < -0.39 is 5.91 Å². The van der Waals surface area contributed by atoms with Crippen LogP contribution in [0.5, 0.6) is 11.5 Å². The Morgan fingerprint density at radius 2 is 1.34 bits per heavy atom. The number of furan rings is 1. The van der Waals surface area contributed by atoms with Crippen molar-refractivity contribution < 1.29 is 13.9 Å². The highest BCUT2D eigenvalue weighted by Gasteiger charge is 2.24. The molecule has 0 fully saturated rings. The van der Waals surface area contributed by atoms with Gasteiger partial charge in [-0.1, -0.05) is 84.9 Å². The zero-order chi connectivity index (χ0) is 24.0. The number of para-hydroxylation sites is 1. The standard InChI is InChI=1S/C30H20N2O3/c31-20-26-27(21-11-4-1-5-12-21)28(22-13-6-2-7-14-22)35-30(26)32-29(33)23-15-10-18-25(19-23)34-24-16-8-3-9-17-24/h1-19H,(H,32,33). The van der Waals surface area contributed by atoms with Crippen LogP contribution in [0.1, 0.15) is 15.9 Å². The van der Waals surface area contributed by atoms with Gasteiger partial charge in [-0.25, -0.2) is 0 Å². The van der Waals surface area contributed by atoms with Crippen LogP contribution in [-0.4, -0.2) is 5.91 Å². The van der Waals surface area contributed by atoms with Gasteiger partial charge in [0, 0.05) is 16.7 Å². The minimum Gasteiger partial charge on any atom is -0.457 e. The van der Waals surface area contributed by atoms with Crippen LogP contribution in [0.25, 0.3) is 22.5 Å². The summed E-state index contributed by atoms with van der Waals surface area (Å²) < 4.78 is 12.0. The molecule has 5 nitrogen and oxygen atoms in total. The molecule has 5 aromatic rings. The Kier molecular flexibility index (Phi) is 6.10. The first-order valence-electron chi connectivity index (χ1n) is 11.0. The second-order valence-corrected chi connectivity index (χ2v) is 7.75. The van der Waals surface area contributed by atoms with E-state index in [1.165, 1.54) is 0 Å². The predicted octanol–water partition coefficient (Wildman–Crippen LogP) is 7.53. The lowest BCUT2D eigenvalue weighted by molar-refractivity contribution is 0.102. The Morgan fingerprint density at radius 1 is 0.743 bits per heavy atom. The van der Waals surface area contributed by atoms with Crippen molar-refractivity contribution in [3.8, 4) is 40.0 Å². The summed E-state index contributed by atoms with van der Waals surface area (Å²) in [6.07, 6.45) is 0. The fourth-order valence-electron chi connectivity index (χ4n) is 3.80. The van der Waals surface area contributed by atoms with Crippen molar-refractivity contribution in [2.24, 2.45) is 0 Å². The number of hydrogen-bond acceptors (Lipinski definition) is 4. The lowest BCUT2D eigenvalue weighted by Crippen LogP contribution is -2.12. The first-order chi connectivity index (χ1) is 17.2. The quantitative estimate of drug-likeness (QED) is 0.286. The van der Waals surface area contributed by atoms with E-state index in [1.807, 2.05) is 91.0 Å². The van der Waals surface area contributed by atoms with Crippen molar-refractivity contribution >= 4 is 11.8 Å². The topological polar surface area (TPSA) is 75.3 Å². The molecule has 1 amide bonds. The van der Waals surface area contributed by atoms with Gasteiger partial charge >= 0.3 is 0 Å². The molecule has 0 aliphatic carbocycles. The number of nitrogens with zero attached hydrogens (tertiary/aromatic N) is 1. The highest BCUT2D eigenvalue weighted by atomic mass is 16.5. The molecule has 35 heavy (non-hydrogen) atoms. The van der Waals surface area contributed by atoms with Crippen molar-refractivity contribution in [2.45, 2.75) is 0 Å². The average Bonchev–Trinajstić information content (AvgIpc) is 3.28. The molecule has 0 saturated carbocycles. The molecule has 0 radical (unpaired) electrons. The summed E-state index contributed by atoms with van der Waals surface area (Å²) in [5, 5.41) is 12.8. The number of carbonyl (C=O) groups is 1. The van der Waals surface area contributed by atoms with Gasteiger partial charge in [-0.3, -0.25) is 10.1 Å². The molecular weight excluding hydrogens is 436 g/mol. The average molecular weight is 457 g/mol. The molecule has 0 bridgehead atoms. The van der Waals surface area contributed by atoms with Gasteiger partial charge in [-0.2, -0.15) is 5.26 Å². The van der Waals surface area contributed by atoms with E-state index in [4.69, 9.17) is 9.15 Å². The normalized spacial score (nSPS) is 10.4. The number of benzene rings is 4. The predicted molar refractivity (Wildman–Crippen MR) is 135 cm³/mol. The minimum absolute atomic E-state index is 0.101. The maximum absolute atomic E-state index is 13.1. The van der Waals surface area contributed by atoms with Crippen LogP contribution in [0.4, 0.5) is 5.88 Å². The molecule has 168 valence electrons. The SMILES string of the molecule is N#Cc1c(NC(=O)c2cccc(Oc3ccccc3)c2)oc(-c2ccccc2)c1-c1ccccc1. The number of carbonyl (C=O) groups excluding carboxylic acids is 1. The Balaban J connectivity index is 1.50. The molecule has 5 heteroatoms. The van der Waals surface area contributed by atoms with Gasteiger partial charge in [0.05, 0.1) is 0 Å². The van der Waals surface area contributed by atoms with Gasteiger partial charge in [0.1, 0.15) is 28.9 Å². The summed E-state index contributed by atoms with van der Waals surface area (Å²) in [4.78, 5) is 13.1. The fourth-order valence-corrected chi connectivity index (χ4v) is 3.80. The Morgan fingerprint density at radius 3 is 2.00 bits per heavy atom. The van der Waals surface area contributed by atoms with Gasteiger partial charge in [-0.05, 0) is 35.9 Å². The molecule has 1 N–H and O–H groups in total. The summed E-state index contributed by atoms with van der Waals surface area (Å²) >= 11 is 0. The summed E-state index contributed by atoms with van der Waals surface area (Å²) in [7, 11) is 0. The highest BCUT2D eigenvalue weighted by molar-refractivity contribution is 6.05. The van der Waals surface area contributed by atoms with Crippen LogP contribution in [0.15, 0.2) is 120 Å². The van der Waals surface area contributed by atoms with Crippen LogP contribution in [0, 0.1) is 11.3 Å². The van der Waals surface area contributed by atoms with Gasteiger partial charge < -0.3 is 9.15 Å². The van der Waals surface area contributed by atoms with E-state index in [0.29, 0.717) is 28.4 Å². The number of nitrogens with one attached hydrogen (secondary N) is 1. The maximum atomic E-state index is 13.1. The van der Waals surface area contributed by atoms with Crippen LogP contribution >= 0.6 is 0 Å². The number of anilines is 1. The van der Waals surface area contributed by atoms with Crippen molar-refractivity contribution in [1.29, 1.82) is 5.26 Å². The molecular formula is C30H20N2O3. The summed E-state index contributed by atoms with van der Waals surface area (Å²) in [5.74, 6) is 1.41. The van der Waals surface area contributed by atoms with E-state index in [-0.39, 0.29) is 11.4 Å². The van der Waals surface area contributed by atoms with Gasteiger partial charge in [0.25, 0.3) is 5.91 Å². The number of nitriles is 1. The van der Waals surface area contributed by atoms with Gasteiger partial charge in [0.15, 0.2) is 0 Å². The molecule has 0 atom stereocenters. The fraction of sp³-hybridized carbons (Fsp3) is 0. The molecule has 0 unspecified atom stereocenters. The van der Waals surface area contributed by atoms with Gasteiger partial charge in [0.2, 0.25) is 5.88 Å². The number of ether oxygens (including phenoxy) is 1.